The summed E-state index contributed by atoms with van der Waals surface area (Å²) in [6.45, 7) is 0. The standard InChI is InChI=1S/C17H15FN2/c18-13-7-9-14(10-8-13)20-17(11-19)16-4-2-1-3-15(16)12-5-6-12/h1-4,7-10,12,17,20H,5-6H2. The van der Waals surface area contributed by atoms with Crippen LogP contribution in [0.25, 0.3) is 0 Å². The van der Waals surface area contributed by atoms with Crippen LogP contribution in [0.1, 0.15) is 35.9 Å². The molecule has 0 amide bonds. The molecule has 0 radical (unpaired) electrons. The van der Waals surface area contributed by atoms with E-state index in [9.17, 15) is 9.65 Å². The lowest BCUT2D eigenvalue weighted by Gasteiger charge is -2.17. The van der Waals surface area contributed by atoms with Gasteiger partial charge in [-0.2, -0.15) is 5.26 Å². The highest BCUT2D eigenvalue weighted by molar-refractivity contribution is 5.49. The van der Waals surface area contributed by atoms with Crippen LogP contribution in [-0.4, -0.2) is 0 Å². The summed E-state index contributed by atoms with van der Waals surface area (Å²) in [6, 6.07) is 16.1. The first kappa shape index (κ1) is 12.7. The van der Waals surface area contributed by atoms with E-state index in [0.29, 0.717) is 5.92 Å². The summed E-state index contributed by atoms with van der Waals surface area (Å²) in [5.74, 6) is 0.319. The molecule has 2 nitrogen and oxygen atoms in total. The van der Waals surface area contributed by atoms with Crippen LogP contribution in [0, 0.1) is 17.1 Å². The molecule has 100 valence electrons. The van der Waals surface area contributed by atoms with Crippen molar-refractivity contribution in [1.29, 1.82) is 5.26 Å². The summed E-state index contributed by atoms with van der Waals surface area (Å²) in [5.41, 5.74) is 3.04. The van der Waals surface area contributed by atoms with E-state index in [-0.39, 0.29) is 5.82 Å². The van der Waals surface area contributed by atoms with Crippen molar-refractivity contribution < 1.29 is 4.39 Å². The van der Waals surface area contributed by atoms with Gasteiger partial charge < -0.3 is 5.32 Å². The van der Waals surface area contributed by atoms with Crippen molar-refractivity contribution in [2.75, 3.05) is 5.32 Å². The van der Waals surface area contributed by atoms with Crippen molar-refractivity contribution in [3.8, 4) is 6.07 Å². The van der Waals surface area contributed by atoms with Crippen LogP contribution >= 0.6 is 0 Å². The summed E-state index contributed by atoms with van der Waals surface area (Å²) in [4.78, 5) is 0. The lowest BCUT2D eigenvalue weighted by atomic mass is 9.97. The van der Waals surface area contributed by atoms with Gasteiger partial charge in [-0.15, -0.1) is 0 Å². The molecule has 1 aliphatic carbocycles. The average Bonchev–Trinajstić information content (AvgIpc) is 3.31. The fourth-order valence-corrected chi connectivity index (χ4v) is 2.43. The number of nitrogens with one attached hydrogen (secondary N) is 1. The summed E-state index contributed by atoms with van der Waals surface area (Å²) < 4.78 is 12.9. The topological polar surface area (TPSA) is 35.8 Å². The molecule has 2 aromatic carbocycles. The van der Waals surface area contributed by atoms with E-state index in [1.165, 1.54) is 30.5 Å². The SMILES string of the molecule is N#CC(Nc1ccc(F)cc1)c1ccccc1C1CC1. The van der Waals surface area contributed by atoms with Crippen molar-refractivity contribution in [3.05, 3.63) is 65.5 Å². The van der Waals surface area contributed by atoms with Gasteiger partial charge in [0.2, 0.25) is 0 Å². The number of anilines is 1. The van der Waals surface area contributed by atoms with Gasteiger partial charge in [-0.25, -0.2) is 4.39 Å². The van der Waals surface area contributed by atoms with E-state index >= 15 is 0 Å². The smallest absolute Gasteiger partial charge is 0.140 e. The largest absolute Gasteiger partial charge is 0.366 e. The number of hydrogen-bond donors (Lipinski definition) is 1. The molecule has 0 aliphatic heterocycles. The van der Waals surface area contributed by atoms with Gasteiger partial charge in [0.15, 0.2) is 0 Å². The molecule has 2 aromatic rings. The third kappa shape index (κ3) is 2.65. The molecule has 1 saturated carbocycles. The van der Waals surface area contributed by atoms with E-state index in [1.54, 1.807) is 12.1 Å². The number of nitrogens with zero attached hydrogens (tertiary/aromatic N) is 1. The second kappa shape index (κ2) is 5.34. The number of hydrogen-bond acceptors (Lipinski definition) is 2. The van der Waals surface area contributed by atoms with Crippen LogP contribution < -0.4 is 5.32 Å². The summed E-state index contributed by atoms with van der Waals surface area (Å²) in [7, 11) is 0. The molecule has 0 aromatic heterocycles. The van der Waals surface area contributed by atoms with Gasteiger partial charge in [-0.05, 0) is 54.2 Å². The van der Waals surface area contributed by atoms with Crippen molar-refractivity contribution >= 4 is 5.69 Å². The minimum atomic E-state index is -0.405. The molecule has 0 spiro atoms. The van der Waals surface area contributed by atoms with Crippen LogP contribution in [0.4, 0.5) is 10.1 Å². The summed E-state index contributed by atoms with van der Waals surface area (Å²) in [6.07, 6.45) is 2.40. The first-order chi connectivity index (χ1) is 9.78. The molecular formula is C17H15FN2. The normalized spacial score (nSPS) is 15.4. The number of rotatable bonds is 4. The van der Waals surface area contributed by atoms with Gasteiger partial charge in [-0.3, -0.25) is 0 Å². The molecule has 20 heavy (non-hydrogen) atoms. The molecule has 3 heteroatoms. The van der Waals surface area contributed by atoms with E-state index in [4.69, 9.17) is 0 Å². The highest BCUT2D eigenvalue weighted by Gasteiger charge is 2.28. The van der Waals surface area contributed by atoms with Crippen molar-refractivity contribution in [2.24, 2.45) is 0 Å². The van der Waals surface area contributed by atoms with E-state index in [2.05, 4.69) is 17.5 Å². The Morgan fingerprint density at radius 3 is 2.45 bits per heavy atom. The lowest BCUT2D eigenvalue weighted by Crippen LogP contribution is -2.10. The zero-order chi connectivity index (χ0) is 13.9. The third-order valence-corrected chi connectivity index (χ3v) is 3.61. The maximum atomic E-state index is 12.9. The lowest BCUT2D eigenvalue weighted by molar-refractivity contribution is 0.628. The Balaban J connectivity index is 1.87. The average molecular weight is 266 g/mol. The predicted molar refractivity (Wildman–Crippen MR) is 76.8 cm³/mol. The van der Waals surface area contributed by atoms with Crippen molar-refractivity contribution in [3.63, 3.8) is 0 Å². The Morgan fingerprint density at radius 2 is 1.80 bits per heavy atom. The Hall–Kier alpha value is -2.34. The van der Waals surface area contributed by atoms with Gasteiger partial charge in [0, 0.05) is 5.69 Å². The van der Waals surface area contributed by atoms with Crippen LogP contribution in [0.2, 0.25) is 0 Å². The third-order valence-electron chi connectivity index (χ3n) is 3.61. The molecular weight excluding hydrogens is 251 g/mol. The van der Waals surface area contributed by atoms with Crippen LogP contribution in [0.3, 0.4) is 0 Å². The minimum absolute atomic E-state index is 0.276. The minimum Gasteiger partial charge on any atom is -0.366 e. The fraction of sp³-hybridized carbons (Fsp3) is 0.235. The van der Waals surface area contributed by atoms with E-state index in [1.807, 2.05) is 18.2 Å². The Kier molecular flexibility index (Phi) is 3.39. The van der Waals surface area contributed by atoms with Crippen LogP contribution in [-0.2, 0) is 0 Å². The monoisotopic (exact) mass is 266 g/mol. The van der Waals surface area contributed by atoms with Crippen LogP contribution in [0.5, 0.6) is 0 Å². The number of halogens is 1. The maximum absolute atomic E-state index is 12.9. The quantitative estimate of drug-likeness (QED) is 0.891. The van der Waals surface area contributed by atoms with Gasteiger partial charge in [-0.1, -0.05) is 24.3 Å². The second-order valence-corrected chi connectivity index (χ2v) is 5.12. The molecule has 1 aliphatic rings. The van der Waals surface area contributed by atoms with Gasteiger partial charge in [0.1, 0.15) is 11.9 Å². The first-order valence-electron chi connectivity index (χ1n) is 6.78. The molecule has 0 bridgehead atoms. The van der Waals surface area contributed by atoms with Crippen LogP contribution in [0.15, 0.2) is 48.5 Å². The van der Waals surface area contributed by atoms with Crippen molar-refractivity contribution in [1.82, 2.24) is 0 Å². The van der Waals surface area contributed by atoms with E-state index in [0.717, 1.165) is 11.3 Å². The summed E-state index contributed by atoms with van der Waals surface area (Å²) in [5, 5.41) is 12.6. The van der Waals surface area contributed by atoms with E-state index < -0.39 is 6.04 Å². The molecule has 0 saturated heterocycles. The predicted octanol–water partition coefficient (Wildman–Crippen LogP) is 4.38. The second-order valence-electron chi connectivity index (χ2n) is 5.12. The highest BCUT2D eigenvalue weighted by Crippen LogP contribution is 2.43. The Bertz CT molecular complexity index is 639. The Labute approximate surface area is 117 Å². The van der Waals surface area contributed by atoms with Gasteiger partial charge in [0.25, 0.3) is 0 Å². The van der Waals surface area contributed by atoms with Crippen molar-refractivity contribution in [2.45, 2.75) is 24.8 Å². The molecule has 1 unspecified atom stereocenters. The maximum Gasteiger partial charge on any atom is 0.140 e. The zero-order valence-corrected chi connectivity index (χ0v) is 11.0. The van der Waals surface area contributed by atoms with Gasteiger partial charge in [0.05, 0.1) is 6.07 Å². The summed E-state index contributed by atoms with van der Waals surface area (Å²) >= 11 is 0. The Morgan fingerprint density at radius 1 is 1.10 bits per heavy atom. The molecule has 1 fully saturated rings. The molecule has 0 heterocycles. The number of benzene rings is 2. The molecule has 1 N–H and O–H groups in total. The first-order valence-corrected chi connectivity index (χ1v) is 6.78. The van der Waals surface area contributed by atoms with Gasteiger partial charge >= 0.3 is 0 Å². The molecule has 3 rings (SSSR count). The highest BCUT2D eigenvalue weighted by atomic mass is 19.1. The number of nitriles is 1. The zero-order valence-electron chi connectivity index (χ0n) is 11.0. The fourth-order valence-electron chi connectivity index (χ4n) is 2.43. The molecule has 1 atom stereocenters.